The number of alkyl halides is 1. The molecule has 0 aliphatic carbocycles. The van der Waals surface area contributed by atoms with E-state index in [-0.39, 0.29) is 0 Å². The molecule has 0 aliphatic rings. The zero-order valence-electron chi connectivity index (χ0n) is 8.34. The van der Waals surface area contributed by atoms with E-state index in [1.165, 1.54) is 14.2 Å². The zero-order valence-corrected chi connectivity index (χ0v) is 8.34. The maximum absolute atomic E-state index is 12.6. The van der Waals surface area contributed by atoms with Crippen molar-refractivity contribution in [2.45, 2.75) is 13.2 Å². The van der Waals surface area contributed by atoms with Crippen molar-refractivity contribution < 1.29 is 13.9 Å². The second-order valence-electron chi connectivity index (χ2n) is 2.81. The Balaban J connectivity index is 3.20. The predicted molar refractivity (Wildman–Crippen MR) is 52.2 cm³/mol. The summed E-state index contributed by atoms with van der Waals surface area (Å²) in [5, 5.41) is 0. The van der Waals surface area contributed by atoms with Crippen LogP contribution in [0.4, 0.5) is 4.39 Å². The van der Waals surface area contributed by atoms with Gasteiger partial charge in [0.25, 0.3) is 0 Å². The van der Waals surface area contributed by atoms with Gasteiger partial charge in [-0.25, -0.2) is 4.39 Å². The Morgan fingerprint density at radius 1 is 1.14 bits per heavy atom. The van der Waals surface area contributed by atoms with Crippen molar-refractivity contribution >= 4 is 0 Å². The summed E-state index contributed by atoms with van der Waals surface area (Å²) >= 11 is 0. The van der Waals surface area contributed by atoms with E-state index in [4.69, 9.17) is 15.2 Å². The van der Waals surface area contributed by atoms with Gasteiger partial charge in [-0.2, -0.15) is 0 Å². The number of halogens is 1. The van der Waals surface area contributed by atoms with Crippen molar-refractivity contribution in [2.75, 3.05) is 14.2 Å². The average molecular weight is 199 g/mol. The summed E-state index contributed by atoms with van der Waals surface area (Å²) in [5.74, 6) is 1.11. The summed E-state index contributed by atoms with van der Waals surface area (Å²) < 4.78 is 22.7. The standard InChI is InChI=1S/C10H14FNO2/c1-13-9-4-8(6-12)10(14-2)3-7(9)5-11/h3-4H,5-6,12H2,1-2H3. The molecule has 14 heavy (non-hydrogen) atoms. The van der Waals surface area contributed by atoms with Crippen molar-refractivity contribution in [1.29, 1.82) is 0 Å². The van der Waals surface area contributed by atoms with E-state index in [1.54, 1.807) is 12.1 Å². The molecule has 0 heterocycles. The first-order valence-corrected chi connectivity index (χ1v) is 4.26. The van der Waals surface area contributed by atoms with Crippen molar-refractivity contribution in [1.82, 2.24) is 0 Å². The Kier molecular flexibility index (Phi) is 3.71. The molecule has 0 saturated carbocycles. The van der Waals surface area contributed by atoms with Crippen molar-refractivity contribution in [3.05, 3.63) is 23.3 Å². The lowest BCUT2D eigenvalue weighted by Gasteiger charge is -2.11. The largest absolute Gasteiger partial charge is 0.496 e. The van der Waals surface area contributed by atoms with Gasteiger partial charge in [-0.15, -0.1) is 0 Å². The zero-order chi connectivity index (χ0) is 10.6. The van der Waals surface area contributed by atoms with Gasteiger partial charge in [0.05, 0.1) is 14.2 Å². The highest BCUT2D eigenvalue weighted by molar-refractivity contribution is 5.46. The number of ether oxygens (including phenoxy) is 2. The van der Waals surface area contributed by atoms with Crippen LogP contribution in [0.1, 0.15) is 11.1 Å². The molecule has 0 aromatic heterocycles. The van der Waals surface area contributed by atoms with E-state index < -0.39 is 6.67 Å². The van der Waals surface area contributed by atoms with Crippen LogP contribution in [-0.4, -0.2) is 14.2 Å². The number of hydrogen-bond donors (Lipinski definition) is 1. The fourth-order valence-corrected chi connectivity index (χ4v) is 1.29. The molecular formula is C10H14FNO2. The van der Waals surface area contributed by atoms with Crippen molar-refractivity contribution in [2.24, 2.45) is 5.73 Å². The molecule has 0 amide bonds. The minimum absolute atomic E-state index is 0.339. The van der Waals surface area contributed by atoms with Crippen LogP contribution in [0.15, 0.2) is 12.1 Å². The molecule has 0 aliphatic heterocycles. The van der Waals surface area contributed by atoms with Gasteiger partial charge in [0, 0.05) is 17.7 Å². The minimum atomic E-state index is -0.579. The number of nitrogens with two attached hydrogens (primary N) is 1. The molecule has 0 spiro atoms. The van der Waals surface area contributed by atoms with Crippen LogP contribution in [-0.2, 0) is 13.2 Å². The van der Waals surface area contributed by atoms with E-state index in [0.717, 1.165) is 5.56 Å². The Hall–Kier alpha value is -1.29. The van der Waals surface area contributed by atoms with Crippen molar-refractivity contribution in [3.63, 3.8) is 0 Å². The fraction of sp³-hybridized carbons (Fsp3) is 0.400. The van der Waals surface area contributed by atoms with Gasteiger partial charge in [-0.3, -0.25) is 0 Å². The molecule has 3 nitrogen and oxygen atoms in total. The second kappa shape index (κ2) is 4.81. The van der Waals surface area contributed by atoms with Gasteiger partial charge in [0.15, 0.2) is 0 Å². The lowest BCUT2D eigenvalue weighted by Crippen LogP contribution is -2.02. The number of rotatable bonds is 4. The van der Waals surface area contributed by atoms with E-state index in [0.29, 0.717) is 23.6 Å². The second-order valence-corrected chi connectivity index (χ2v) is 2.81. The number of benzene rings is 1. The summed E-state index contributed by atoms with van der Waals surface area (Å²) in [6.45, 7) is -0.240. The van der Waals surface area contributed by atoms with Gasteiger partial charge >= 0.3 is 0 Å². The SMILES string of the molecule is COc1cc(CF)c(OC)cc1CN. The van der Waals surface area contributed by atoms with Gasteiger partial charge in [0.1, 0.15) is 18.2 Å². The smallest absolute Gasteiger partial charge is 0.125 e. The third-order valence-electron chi connectivity index (χ3n) is 2.05. The molecule has 0 bridgehead atoms. The van der Waals surface area contributed by atoms with Crippen molar-refractivity contribution in [3.8, 4) is 11.5 Å². The van der Waals surface area contributed by atoms with Crippen LogP contribution in [0, 0.1) is 0 Å². The number of methoxy groups -OCH3 is 2. The maximum atomic E-state index is 12.6. The lowest BCUT2D eigenvalue weighted by molar-refractivity contribution is 0.382. The molecule has 78 valence electrons. The molecule has 0 radical (unpaired) electrons. The first kappa shape index (κ1) is 10.8. The van der Waals surface area contributed by atoms with Gasteiger partial charge in [-0.05, 0) is 12.1 Å². The van der Waals surface area contributed by atoms with Crippen LogP contribution in [0.3, 0.4) is 0 Å². The van der Waals surface area contributed by atoms with E-state index in [1.807, 2.05) is 0 Å². The highest BCUT2D eigenvalue weighted by atomic mass is 19.1. The van der Waals surface area contributed by atoms with E-state index >= 15 is 0 Å². The highest BCUT2D eigenvalue weighted by Gasteiger charge is 2.09. The summed E-state index contributed by atoms with van der Waals surface area (Å²) in [7, 11) is 3.03. The molecule has 1 aromatic rings. The van der Waals surface area contributed by atoms with Gasteiger partial charge in [-0.1, -0.05) is 0 Å². The molecule has 2 N–H and O–H groups in total. The molecular weight excluding hydrogens is 185 g/mol. The maximum Gasteiger partial charge on any atom is 0.125 e. The Morgan fingerprint density at radius 2 is 1.64 bits per heavy atom. The average Bonchev–Trinajstić information content (AvgIpc) is 2.26. The van der Waals surface area contributed by atoms with Crippen LogP contribution in [0.2, 0.25) is 0 Å². The summed E-state index contributed by atoms with van der Waals surface area (Å²) in [4.78, 5) is 0. The lowest BCUT2D eigenvalue weighted by atomic mass is 10.1. The van der Waals surface area contributed by atoms with Crippen LogP contribution in [0.5, 0.6) is 11.5 Å². The fourth-order valence-electron chi connectivity index (χ4n) is 1.29. The normalized spacial score (nSPS) is 10.0. The molecule has 0 unspecified atom stereocenters. The molecule has 4 heteroatoms. The molecule has 0 saturated heterocycles. The summed E-state index contributed by atoms with van der Waals surface area (Å²) in [6, 6.07) is 3.31. The Bertz CT molecular complexity index is 257. The molecule has 0 atom stereocenters. The molecule has 1 rings (SSSR count). The monoisotopic (exact) mass is 199 g/mol. The number of hydrogen-bond acceptors (Lipinski definition) is 3. The third-order valence-corrected chi connectivity index (χ3v) is 2.05. The van der Waals surface area contributed by atoms with Crippen LogP contribution >= 0.6 is 0 Å². The molecule has 0 fully saturated rings. The predicted octanol–water partition coefficient (Wildman–Crippen LogP) is 1.63. The highest BCUT2D eigenvalue weighted by Crippen LogP contribution is 2.29. The van der Waals surface area contributed by atoms with Gasteiger partial charge < -0.3 is 15.2 Å². The first-order valence-electron chi connectivity index (χ1n) is 4.26. The van der Waals surface area contributed by atoms with E-state index in [9.17, 15) is 4.39 Å². The Morgan fingerprint density at radius 3 is 2.07 bits per heavy atom. The van der Waals surface area contributed by atoms with E-state index in [2.05, 4.69) is 0 Å². The Labute approximate surface area is 82.6 Å². The summed E-state index contributed by atoms with van der Waals surface area (Å²) in [5.41, 5.74) is 6.79. The summed E-state index contributed by atoms with van der Waals surface area (Å²) in [6.07, 6.45) is 0. The topological polar surface area (TPSA) is 44.5 Å². The third kappa shape index (κ3) is 1.96. The van der Waals surface area contributed by atoms with Crippen LogP contribution in [0.25, 0.3) is 0 Å². The van der Waals surface area contributed by atoms with Gasteiger partial charge in [0.2, 0.25) is 0 Å². The minimum Gasteiger partial charge on any atom is -0.496 e. The first-order chi connectivity index (χ1) is 6.76. The quantitative estimate of drug-likeness (QED) is 0.801. The molecule has 1 aromatic carbocycles. The van der Waals surface area contributed by atoms with Crippen LogP contribution < -0.4 is 15.2 Å².